The lowest BCUT2D eigenvalue weighted by Gasteiger charge is -2.34. The monoisotopic (exact) mass is 212 g/mol. The second kappa shape index (κ2) is 5.89. The van der Waals surface area contributed by atoms with Gasteiger partial charge in [-0.3, -0.25) is 0 Å². The lowest BCUT2D eigenvalue weighted by atomic mass is 9.92. The summed E-state index contributed by atoms with van der Waals surface area (Å²) in [5.41, 5.74) is 0. The van der Waals surface area contributed by atoms with Crippen LogP contribution in [0.1, 0.15) is 53.4 Å². The van der Waals surface area contributed by atoms with Gasteiger partial charge in [0.05, 0.1) is 26.2 Å². The molecule has 90 valence electrons. The van der Waals surface area contributed by atoms with Crippen LogP contribution in [0.3, 0.4) is 0 Å². The molecule has 0 saturated carbocycles. The molecule has 0 spiro atoms. The Bertz CT molecular complexity index is 156. The molecule has 0 aromatic heterocycles. The first-order valence-corrected chi connectivity index (χ1v) is 7.06. The molecule has 1 saturated heterocycles. The van der Waals surface area contributed by atoms with Gasteiger partial charge in [0.2, 0.25) is 0 Å². The van der Waals surface area contributed by atoms with Crippen molar-refractivity contribution in [3.8, 4) is 0 Å². The second-order valence-electron chi connectivity index (χ2n) is 5.49. The zero-order chi connectivity index (χ0) is 11.3. The standard InChI is InChI=1S/C14H30N/c1-5-9-15(10-6-2)11-13(7-3)14(8-4)12-15/h13-14H,5-12H2,1-4H3/q+1/t13-,14-/m0/s1. The van der Waals surface area contributed by atoms with E-state index in [1.165, 1.54) is 56.3 Å². The molecule has 0 unspecified atom stereocenters. The largest absolute Gasteiger partial charge is 0.323 e. The van der Waals surface area contributed by atoms with Crippen molar-refractivity contribution in [3.63, 3.8) is 0 Å². The van der Waals surface area contributed by atoms with Crippen LogP contribution in [0, 0.1) is 11.8 Å². The first-order chi connectivity index (χ1) is 7.21. The maximum atomic E-state index is 2.38. The molecule has 2 atom stereocenters. The predicted molar refractivity (Wildman–Crippen MR) is 67.9 cm³/mol. The number of likely N-dealkylation sites (tertiary alicyclic amines) is 1. The summed E-state index contributed by atoms with van der Waals surface area (Å²) >= 11 is 0. The van der Waals surface area contributed by atoms with E-state index in [-0.39, 0.29) is 0 Å². The highest BCUT2D eigenvalue weighted by Crippen LogP contribution is 2.34. The molecular weight excluding hydrogens is 182 g/mol. The molecule has 0 amide bonds. The molecule has 0 aromatic carbocycles. The normalized spacial score (nSPS) is 29.6. The Hall–Kier alpha value is -0.0400. The molecule has 1 heterocycles. The third-order valence-corrected chi connectivity index (χ3v) is 4.35. The molecule has 0 N–H and O–H groups in total. The van der Waals surface area contributed by atoms with Gasteiger partial charge < -0.3 is 4.48 Å². The minimum atomic E-state index is 1.01. The maximum absolute atomic E-state index is 2.38. The summed E-state index contributed by atoms with van der Waals surface area (Å²) in [6, 6.07) is 0. The molecule has 0 radical (unpaired) electrons. The van der Waals surface area contributed by atoms with E-state index in [4.69, 9.17) is 0 Å². The fraction of sp³-hybridized carbons (Fsp3) is 1.00. The van der Waals surface area contributed by atoms with Crippen LogP contribution in [0.4, 0.5) is 0 Å². The minimum absolute atomic E-state index is 1.01. The van der Waals surface area contributed by atoms with E-state index in [1.807, 2.05) is 0 Å². The zero-order valence-electron chi connectivity index (χ0n) is 11.3. The van der Waals surface area contributed by atoms with Crippen molar-refractivity contribution in [1.29, 1.82) is 0 Å². The summed E-state index contributed by atoms with van der Waals surface area (Å²) in [6.45, 7) is 15.2. The Labute approximate surface area is 96.4 Å². The SMILES string of the molecule is CCC[N+]1(CCC)C[C@H](CC)[C@@H](CC)C1. The van der Waals surface area contributed by atoms with Crippen LogP contribution < -0.4 is 0 Å². The van der Waals surface area contributed by atoms with Crippen LogP contribution in [-0.4, -0.2) is 30.7 Å². The minimum Gasteiger partial charge on any atom is -0.323 e. The van der Waals surface area contributed by atoms with Crippen LogP contribution in [0.15, 0.2) is 0 Å². The molecule has 0 aliphatic carbocycles. The van der Waals surface area contributed by atoms with Gasteiger partial charge >= 0.3 is 0 Å². The van der Waals surface area contributed by atoms with Crippen molar-refractivity contribution in [2.24, 2.45) is 11.8 Å². The van der Waals surface area contributed by atoms with Crippen LogP contribution in [0.25, 0.3) is 0 Å². The summed E-state index contributed by atoms with van der Waals surface area (Å²) in [7, 11) is 0. The summed E-state index contributed by atoms with van der Waals surface area (Å²) in [6.07, 6.45) is 5.50. The van der Waals surface area contributed by atoms with Gasteiger partial charge in [0.15, 0.2) is 0 Å². The van der Waals surface area contributed by atoms with Gasteiger partial charge in [-0.1, -0.05) is 27.7 Å². The highest BCUT2D eigenvalue weighted by atomic mass is 15.4. The molecule has 0 aromatic rings. The second-order valence-corrected chi connectivity index (χ2v) is 5.49. The van der Waals surface area contributed by atoms with Crippen LogP contribution in [-0.2, 0) is 0 Å². The van der Waals surface area contributed by atoms with Crippen molar-refractivity contribution >= 4 is 0 Å². The van der Waals surface area contributed by atoms with Crippen LogP contribution >= 0.6 is 0 Å². The van der Waals surface area contributed by atoms with Crippen molar-refractivity contribution in [2.75, 3.05) is 26.2 Å². The van der Waals surface area contributed by atoms with Crippen LogP contribution in [0.5, 0.6) is 0 Å². The zero-order valence-corrected chi connectivity index (χ0v) is 11.3. The van der Waals surface area contributed by atoms with Crippen molar-refractivity contribution < 1.29 is 4.48 Å². The van der Waals surface area contributed by atoms with Crippen molar-refractivity contribution in [2.45, 2.75) is 53.4 Å². The molecular formula is C14H30N+. The van der Waals surface area contributed by atoms with E-state index in [1.54, 1.807) is 0 Å². The van der Waals surface area contributed by atoms with Crippen molar-refractivity contribution in [1.82, 2.24) is 0 Å². The molecule has 1 aliphatic heterocycles. The molecule has 1 nitrogen and oxygen atoms in total. The summed E-state index contributed by atoms with van der Waals surface area (Å²) in [5.74, 6) is 2.01. The van der Waals surface area contributed by atoms with E-state index in [2.05, 4.69) is 27.7 Å². The summed E-state index contributed by atoms with van der Waals surface area (Å²) in [4.78, 5) is 0. The third-order valence-electron chi connectivity index (χ3n) is 4.35. The summed E-state index contributed by atoms with van der Waals surface area (Å²) in [5, 5.41) is 0. The van der Waals surface area contributed by atoms with E-state index in [9.17, 15) is 0 Å². The maximum Gasteiger partial charge on any atom is 0.0820 e. The number of rotatable bonds is 6. The number of quaternary nitrogens is 1. The fourth-order valence-corrected chi connectivity index (χ4v) is 3.72. The smallest absolute Gasteiger partial charge is 0.0820 e. The molecule has 1 heteroatoms. The lowest BCUT2D eigenvalue weighted by Crippen LogP contribution is -2.47. The Morgan fingerprint density at radius 2 is 1.20 bits per heavy atom. The molecule has 1 aliphatic rings. The van der Waals surface area contributed by atoms with Crippen LogP contribution in [0.2, 0.25) is 0 Å². The molecule has 1 rings (SSSR count). The van der Waals surface area contributed by atoms with Gasteiger partial charge in [-0.2, -0.15) is 0 Å². The van der Waals surface area contributed by atoms with Gasteiger partial charge in [-0.05, 0) is 25.7 Å². The number of hydrogen-bond donors (Lipinski definition) is 0. The van der Waals surface area contributed by atoms with E-state index in [0.29, 0.717) is 0 Å². The lowest BCUT2D eigenvalue weighted by molar-refractivity contribution is -0.919. The number of nitrogens with zero attached hydrogens (tertiary/aromatic N) is 1. The van der Waals surface area contributed by atoms with E-state index in [0.717, 1.165) is 11.8 Å². The highest BCUT2D eigenvalue weighted by molar-refractivity contribution is 4.75. The average Bonchev–Trinajstić information content (AvgIpc) is 2.57. The average molecular weight is 212 g/mol. The molecule has 15 heavy (non-hydrogen) atoms. The van der Waals surface area contributed by atoms with E-state index < -0.39 is 0 Å². The first kappa shape index (κ1) is 13.0. The van der Waals surface area contributed by atoms with Gasteiger partial charge in [0, 0.05) is 11.8 Å². The Kier molecular flexibility index (Phi) is 5.11. The Balaban J connectivity index is 2.66. The summed E-state index contributed by atoms with van der Waals surface area (Å²) < 4.78 is 1.43. The first-order valence-electron chi connectivity index (χ1n) is 7.06. The Morgan fingerprint density at radius 1 is 0.800 bits per heavy atom. The topological polar surface area (TPSA) is 0 Å². The number of hydrogen-bond acceptors (Lipinski definition) is 0. The van der Waals surface area contributed by atoms with Gasteiger partial charge in [-0.15, -0.1) is 0 Å². The van der Waals surface area contributed by atoms with Gasteiger partial charge in [0.1, 0.15) is 0 Å². The van der Waals surface area contributed by atoms with E-state index >= 15 is 0 Å². The van der Waals surface area contributed by atoms with Gasteiger partial charge in [0.25, 0.3) is 0 Å². The highest BCUT2D eigenvalue weighted by Gasteiger charge is 2.42. The quantitative estimate of drug-likeness (QED) is 0.589. The van der Waals surface area contributed by atoms with Crippen molar-refractivity contribution in [3.05, 3.63) is 0 Å². The molecule has 0 bridgehead atoms. The molecule has 1 fully saturated rings. The fourth-order valence-electron chi connectivity index (χ4n) is 3.72. The van der Waals surface area contributed by atoms with Gasteiger partial charge in [-0.25, -0.2) is 0 Å². The third kappa shape index (κ3) is 2.96. The predicted octanol–water partition coefficient (Wildman–Crippen LogP) is 3.69. The Morgan fingerprint density at radius 3 is 1.47 bits per heavy atom.